The molecule has 2 nitrogen and oxygen atoms in total. The summed E-state index contributed by atoms with van der Waals surface area (Å²) >= 11 is 9.17. The number of halogens is 2. The fraction of sp³-hybridized carbons (Fsp3) is 0.417. The minimum Gasteiger partial charge on any atom is -0.352 e. The summed E-state index contributed by atoms with van der Waals surface area (Å²) in [5, 5.41) is 2.93. The highest BCUT2D eigenvalue weighted by atomic mass is 79.9. The van der Waals surface area contributed by atoms with Gasteiger partial charge in [0, 0.05) is 16.4 Å². The van der Waals surface area contributed by atoms with Crippen LogP contribution in [0.15, 0.2) is 22.7 Å². The molecular formula is C12H15BrClNO. The van der Waals surface area contributed by atoms with Crippen LogP contribution >= 0.6 is 27.5 Å². The van der Waals surface area contributed by atoms with E-state index in [1.807, 2.05) is 32.0 Å². The maximum absolute atomic E-state index is 11.8. The van der Waals surface area contributed by atoms with E-state index in [1.165, 1.54) is 0 Å². The number of hydrogen-bond acceptors (Lipinski definition) is 1. The van der Waals surface area contributed by atoms with E-state index in [9.17, 15) is 4.79 Å². The van der Waals surface area contributed by atoms with Gasteiger partial charge in [-0.15, -0.1) is 11.6 Å². The maximum atomic E-state index is 11.8. The summed E-state index contributed by atoms with van der Waals surface area (Å²) in [4.78, 5) is 11.8. The van der Waals surface area contributed by atoms with E-state index in [1.54, 1.807) is 0 Å². The van der Waals surface area contributed by atoms with Crippen molar-refractivity contribution in [2.45, 2.75) is 25.6 Å². The lowest BCUT2D eigenvalue weighted by molar-refractivity contribution is 0.0952. The number of carbonyl (C=O) groups excluding carboxylic acids is 1. The lowest BCUT2D eigenvalue weighted by Gasteiger charge is -2.08. The van der Waals surface area contributed by atoms with Gasteiger partial charge in [-0.05, 0) is 48.3 Å². The van der Waals surface area contributed by atoms with Crippen molar-refractivity contribution in [1.82, 2.24) is 5.32 Å². The average Bonchev–Trinajstić information content (AvgIpc) is 2.21. The van der Waals surface area contributed by atoms with Gasteiger partial charge in [-0.3, -0.25) is 4.79 Å². The Labute approximate surface area is 110 Å². The van der Waals surface area contributed by atoms with Crippen LogP contribution < -0.4 is 5.32 Å². The number of amides is 1. The Morgan fingerprint density at radius 3 is 2.88 bits per heavy atom. The standard InChI is InChI=1S/C12H15BrClNO/c1-8-3-4-11(13)10(7-8)12(16)15-6-5-9(2)14/h3-4,7,9H,5-6H2,1-2H3,(H,15,16). The molecule has 1 rings (SSSR count). The van der Waals surface area contributed by atoms with Crippen molar-refractivity contribution in [3.8, 4) is 0 Å². The second kappa shape index (κ2) is 6.26. The van der Waals surface area contributed by atoms with Crippen LogP contribution in [-0.4, -0.2) is 17.8 Å². The zero-order chi connectivity index (χ0) is 12.1. The molecular weight excluding hydrogens is 289 g/mol. The van der Waals surface area contributed by atoms with Gasteiger partial charge in [-0.2, -0.15) is 0 Å². The molecule has 1 unspecified atom stereocenters. The molecule has 16 heavy (non-hydrogen) atoms. The van der Waals surface area contributed by atoms with Crippen molar-refractivity contribution in [3.63, 3.8) is 0 Å². The summed E-state index contributed by atoms with van der Waals surface area (Å²) in [6.45, 7) is 4.48. The molecule has 0 radical (unpaired) electrons. The number of nitrogens with one attached hydrogen (secondary N) is 1. The topological polar surface area (TPSA) is 29.1 Å². The third-order valence-electron chi connectivity index (χ3n) is 2.19. The quantitative estimate of drug-likeness (QED) is 0.848. The minimum absolute atomic E-state index is 0.0621. The first-order valence-corrected chi connectivity index (χ1v) is 6.42. The van der Waals surface area contributed by atoms with Crippen LogP contribution in [0.2, 0.25) is 0 Å². The molecule has 1 aromatic carbocycles. The molecule has 0 saturated heterocycles. The monoisotopic (exact) mass is 303 g/mol. The molecule has 4 heteroatoms. The zero-order valence-electron chi connectivity index (χ0n) is 9.39. The smallest absolute Gasteiger partial charge is 0.252 e. The molecule has 1 amide bonds. The average molecular weight is 305 g/mol. The molecule has 1 aromatic rings. The third kappa shape index (κ3) is 4.14. The summed E-state index contributed by atoms with van der Waals surface area (Å²) in [5.41, 5.74) is 1.74. The van der Waals surface area contributed by atoms with E-state index in [0.29, 0.717) is 12.1 Å². The number of aryl methyl sites for hydroxylation is 1. The van der Waals surface area contributed by atoms with Crippen LogP contribution in [0.4, 0.5) is 0 Å². The number of rotatable bonds is 4. The molecule has 1 atom stereocenters. The Morgan fingerprint density at radius 2 is 2.25 bits per heavy atom. The van der Waals surface area contributed by atoms with Crippen LogP contribution in [0.25, 0.3) is 0 Å². The maximum Gasteiger partial charge on any atom is 0.252 e. The van der Waals surface area contributed by atoms with Gasteiger partial charge < -0.3 is 5.32 Å². The second-order valence-electron chi connectivity index (χ2n) is 3.81. The largest absolute Gasteiger partial charge is 0.352 e. The van der Waals surface area contributed by atoms with E-state index < -0.39 is 0 Å². The Bertz CT molecular complexity index is 379. The van der Waals surface area contributed by atoms with Crippen molar-refractivity contribution >= 4 is 33.4 Å². The molecule has 0 aliphatic carbocycles. The molecule has 0 spiro atoms. The van der Waals surface area contributed by atoms with E-state index in [0.717, 1.165) is 16.5 Å². The van der Waals surface area contributed by atoms with Crippen LogP contribution in [-0.2, 0) is 0 Å². The molecule has 0 heterocycles. The van der Waals surface area contributed by atoms with Crippen LogP contribution in [0.5, 0.6) is 0 Å². The second-order valence-corrected chi connectivity index (χ2v) is 5.41. The van der Waals surface area contributed by atoms with Gasteiger partial charge in [-0.25, -0.2) is 0 Å². The minimum atomic E-state index is -0.0621. The van der Waals surface area contributed by atoms with Gasteiger partial charge in [0.15, 0.2) is 0 Å². The highest BCUT2D eigenvalue weighted by molar-refractivity contribution is 9.10. The summed E-state index contributed by atoms with van der Waals surface area (Å²) in [6.07, 6.45) is 0.775. The first-order chi connectivity index (χ1) is 7.50. The SMILES string of the molecule is Cc1ccc(Br)c(C(=O)NCCC(C)Cl)c1. The normalized spacial score (nSPS) is 12.2. The Hall–Kier alpha value is -0.540. The molecule has 1 N–H and O–H groups in total. The van der Waals surface area contributed by atoms with Gasteiger partial charge in [0.1, 0.15) is 0 Å². The molecule has 0 aliphatic rings. The molecule has 0 saturated carbocycles. The van der Waals surface area contributed by atoms with Gasteiger partial charge in [0.05, 0.1) is 5.56 Å². The van der Waals surface area contributed by atoms with Crippen molar-refractivity contribution in [1.29, 1.82) is 0 Å². The summed E-state index contributed by atoms with van der Waals surface area (Å²) < 4.78 is 0.814. The predicted molar refractivity (Wildman–Crippen MR) is 71.1 cm³/mol. The highest BCUT2D eigenvalue weighted by Crippen LogP contribution is 2.17. The number of alkyl halides is 1. The molecule has 88 valence electrons. The van der Waals surface area contributed by atoms with Gasteiger partial charge in [0.2, 0.25) is 0 Å². The highest BCUT2D eigenvalue weighted by Gasteiger charge is 2.09. The molecule has 0 aromatic heterocycles. The Kier molecular flexibility index (Phi) is 5.29. The summed E-state index contributed by atoms with van der Waals surface area (Å²) in [6, 6.07) is 5.71. The molecule has 0 aliphatic heterocycles. The molecule has 0 bridgehead atoms. The van der Waals surface area contributed by atoms with Gasteiger partial charge >= 0.3 is 0 Å². The van der Waals surface area contributed by atoms with Gasteiger partial charge in [-0.1, -0.05) is 11.6 Å². The van der Waals surface area contributed by atoms with E-state index in [4.69, 9.17) is 11.6 Å². The van der Waals surface area contributed by atoms with Crippen LogP contribution in [0.3, 0.4) is 0 Å². The van der Waals surface area contributed by atoms with Crippen molar-refractivity contribution in [2.24, 2.45) is 0 Å². The zero-order valence-corrected chi connectivity index (χ0v) is 11.7. The number of carbonyl (C=O) groups is 1. The van der Waals surface area contributed by atoms with Crippen LogP contribution in [0.1, 0.15) is 29.3 Å². The predicted octanol–water partition coefficient (Wildman–Crippen LogP) is 3.50. The van der Waals surface area contributed by atoms with Gasteiger partial charge in [0.25, 0.3) is 5.91 Å². The van der Waals surface area contributed by atoms with E-state index in [-0.39, 0.29) is 11.3 Å². The van der Waals surface area contributed by atoms with E-state index >= 15 is 0 Å². The fourth-order valence-corrected chi connectivity index (χ4v) is 1.83. The number of benzene rings is 1. The van der Waals surface area contributed by atoms with E-state index in [2.05, 4.69) is 21.2 Å². The third-order valence-corrected chi connectivity index (χ3v) is 3.10. The summed E-state index contributed by atoms with van der Waals surface area (Å²) in [7, 11) is 0. The van der Waals surface area contributed by atoms with Crippen LogP contribution in [0, 0.1) is 6.92 Å². The first kappa shape index (κ1) is 13.5. The Morgan fingerprint density at radius 1 is 1.56 bits per heavy atom. The van der Waals surface area contributed by atoms with Crippen molar-refractivity contribution in [3.05, 3.63) is 33.8 Å². The number of hydrogen-bond donors (Lipinski definition) is 1. The summed E-state index contributed by atoms with van der Waals surface area (Å²) in [5.74, 6) is -0.0621. The molecule has 0 fully saturated rings. The van der Waals surface area contributed by atoms with Crippen molar-refractivity contribution < 1.29 is 4.79 Å². The Balaban J connectivity index is 2.62. The first-order valence-electron chi connectivity index (χ1n) is 5.19. The lowest BCUT2D eigenvalue weighted by Crippen LogP contribution is -2.26. The fourth-order valence-electron chi connectivity index (χ4n) is 1.29. The lowest BCUT2D eigenvalue weighted by atomic mass is 10.1. The van der Waals surface area contributed by atoms with Crippen molar-refractivity contribution in [2.75, 3.05) is 6.54 Å².